The first kappa shape index (κ1) is 20.0. The molecule has 0 fully saturated rings. The van der Waals surface area contributed by atoms with E-state index in [1.54, 1.807) is 0 Å². The molecule has 1 rings (SSSR count). The fourth-order valence-electron chi connectivity index (χ4n) is 2.20. The van der Waals surface area contributed by atoms with Crippen LogP contribution in [0, 0.1) is 0 Å². The highest BCUT2D eigenvalue weighted by atomic mass is 16.6. The van der Waals surface area contributed by atoms with Gasteiger partial charge in [0.15, 0.2) is 0 Å². The molecule has 0 aliphatic carbocycles. The quantitative estimate of drug-likeness (QED) is 0.517. The molecule has 0 bridgehead atoms. The van der Waals surface area contributed by atoms with Crippen molar-refractivity contribution in [1.29, 1.82) is 0 Å². The van der Waals surface area contributed by atoms with Gasteiger partial charge in [0.05, 0.1) is 6.61 Å². The van der Waals surface area contributed by atoms with Crippen molar-refractivity contribution < 1.29 is 24.2 Å². The second-order valence-corrected chi connectivity index (χ2v) is 6.79. The van der Waals surface area contributed by atoms with Crippen LogP contribution >= 0.6 is 0 Å². The van der Waals surface area contributed by atoms with Gasteiger partial charge in [-0.05, 0) is 64.2 Å². The second-order valence-electron chi connectivity index (χ2n) is 6.79. The van der Waals surface area contributed by atoms with Gasteiger partial charge >= 0.3 is 11.9 Å². The van der Waals surface area contributed by atoms with Crippen LogP contribution in [-0.2, 0) is 20.7 Å². The number of benzene rings is 1. The molecule has 0 unspecified atom stereocenters. The van der Waals surface area contributed by atoms with Gasteiger partial charge in [-0.25, -0.2) is 0 Å². The number of carbonyl (C=O) groups excluding carboxylic acids is 1. The second kappa shape index (κ2) is 9.96. The maximum atomic E-state index is 11.6. The summed E-state index contributed by atoms with van der Waals surface area (Å²) in [4.78, 5) is 22.1. The number of carboxylic acid groups (broad SMARTS) is 1. The van der Waals surface area contributed by atoms with Crippen molar-refractivity contribution in [2.75, 3.05) is 6.61 Å². The summed E-state index contributed by atoms with van der Waals surface area (Å²) in [5.74, 6) is -0.208. The van der Waals surface area contributed by atoms with E-state index in [4.69, 9.17) is 14.6 Å². The van der Waals surface area contributed by atoms with Crippen molar-refractivity contribution in [2.24, 2.45) is 0 Å². The number of carboxylic acids is 1. The number of hydrogen-bond acceptors (Lipinski definition) is 4. The summed E-state index contributed by atoms with van der Waals surface area (Å²) in [6.07, 6.45) is 3.61. The first-order valence-corrected chi connectivity index (χ1v) is 8.41. The summed E-state index contributed by atoms with van der Waals surface area (Å²) in [5, 5.41) is 8.59. The van der Waals surface area contributed by atoms with Crippen molar-refractivity contribution in [2.45, 2.75) is 64.9 Å². The van der Waals surface area contributed by atoms with Crippen molar-refractivity contribution in [3.8, 4) is 5.75 Å². The summed E-state index contributed by atoms with van der Waals surface area (Å²) in [6, 6.07) is 7.78. The van der Waals surface area contributed by atoms with Crippen LogP contribution in [0.4, 0.5) is 0 Å². The molecule has 134 valence electrons. The predicted molar refractivity (Wildman–Crippen MR) is 92.2 cm³/mol. The number of rotatable bonds is 10. The molecule has 0 spiro atoms. The molecule has 0 saturated carbocycles. The molecule has 24 heavy (non-hydrogen) atoms. The van der Waals surface area contributed by atoms with Gasteiger partial charge in [-0.3, -0.25) is 9.59 Å². The number of hydrogen-bond donors (Lipinski definition) is 1. The number of unbranched alkanes of at least 4 members (excludes halogenated alkanes) is 1. The van der Waals surface area contributed by atoms with Gasteiger partial charge in [-0.15, -0.1) is 0 Å². The zero-order valence-electron chi connectivity index (χ0n) is 14.8. The molecule has 1 N–H and O–H groups in total. The lowest BCUT2D eigenvalue weighted by Crippen LogP contribution is -2.23. The first-order chi connectivity index (χ1) is 11.3. The molecule has 0 radical (unpaired) electrons. The Bertz CT molecular complexity index is 531. The summed E-state index contributed by atoms with van der Waals surface area (Å²) < 4.78 is 10.8. The normalized spacial score (nSPS) is 11.1. The Morgan fingerprint density at radius 2 is 1.83 bits per heavy atom. The highest BCUT2D eigenvalue weighted by Crippen LogP contribution is 2.16. The summed E-state index contributed by atoms with van der Waals surface area (Å²) in [7, 11) is 0. The molecule has 5 heteroatoms. The lowest BCUT2D eigenvalue weighted by Gasteiger charge is -2.19. The minimum absolute atomic E-state index is 0.115. The summed E-state index contributed by atoms with van der Waals surface area (Å²) >= 11 is 0. The molecule has 0 amide bonds. The topological polar surface area (TPSA) is 72.8 Å². The first-order valence-electron chi connectivity index (χ1n) is 8.41. The average Bonchev–Trinajstić information content (AvgIpc) is 2.47. The lowest BCUT2D eigenvalue weighted by atomic mass is 10.1. The predicted octanol–water partition coefficient (Wildman–Crippen LogP) is 3.98. The number of aliphatic carboxylic acids is 1. The third-order valence-electron chi connectivity index (χ3n) is 3.22. The molecule has 0 atom stereocenters. The Labute approximate surface area is 144 Å². The van der Waals surface area contributed by atoms with Crippen molar-refractivity contribution in [3.05, 3.63) is 29.8 Å². The largest absolute Gasteiger partial charge is 0.494 e. The van der Waals surface area contributed by atoms with Crippen molar-refractivity contribution in [3.63, 3.8) is 0 Å². The van der Waals surface area contributed by atoms with Gasteiger partial charge in [0.2, 0.25) is 0 Å². The minimum atomic E-state index is -0.808. The van der Waals surface area contributed by atoms with E-state index in [0.29, 0.717) is 19.4 Å². The summed E-state index contributed by atoms with van der Waals surface area (Å²) in [5.41, 5.74) is 0.721. The molecule has 0 aliphatic heterocycles. The third kappa shape index (κ3) is 9.87. The summed E-state index contributed by atoms with van der Waals surface area (Å²) in [6.45, 7) is 6.00. The fourth-order valence-corrected chi connectivity index (χ4v) is 2.20. The molecule has 1 aromatic rings. The molecule has 0 saturated heterocycles. The number of esters is 1. The number of ether oxygens (including phenoxy) is 2. The average molecular weight is 336 g/mol. The third-order valence-corrected chi connectivity index (χ3v) is 3.22. The van der Waals surface area contributed by atoms with E-state index in [1.165, 1.54) is 0 Å². The standard InChI is InChI=1S/C19H28O5/c1-19(2,3)24-18(22)12-5-4-8-15-9-6-10-16(14-15)23-13-7-11-17(20)21/h6,9-10,14H,4-5,7-8,11-13H2,1-3H3,(H,20,21). The van der Waals surface area contributed by atoms with Gasteiger partial charge in [-0.1, -0.05) is 12.1 Å². The van der Waals surface area contributed by atoms with E-state index < -0.39 is 11.6 Å². The van der Waals surface area contributed by atoms with Crippen LogP contribution in [0.1, 0.15) is 58.4 Å². The minimum Gasteiger partial charge on any atom is -0.494 e. The molecule has 0 aliphatic rings. The van der Waals surface area contributed by atoms with Crippen LogP contribution in [0.5, 0.6) is 5.75 Å². The van der Waals surface area contributed by atoms with E-state index in [1.807, 2.05) is 45.0 Å². The Morgan fingerprint density at radius 3 is 2.50 bits per heavy atom. The van der Waals surface area contributed by atoms with E-state index in [-0.39, 0.29) is 12.4 Å². The fraction of sp³-hybridized carbons (Fsp3) is 0.579. The van der Waals surface area contributed by atoms with E-state index in [0.717, 1.165) is 30.6 Å². The van der Waals surface area contributed by atoms with Gasteiger partial charge in [0.1, 0.15) is 11.4 Å². The molecule has 5 nitrogen and oxygen atoms in total. The molecular weight excluding hydrogens is 308 g/mol. The van der Waals surface area contributed by atoms with E-state index in [9.17, 15) is 9.59 Å². The van der Waals surface area contributed by atoms with Crippen LogP contribution in [0.3, 0.4) is 0 Å². The van der Waals surface area contributed by atoms with Gasteiger partial charge in [0.25, 0.3) is 0 Å². The molecule has 1 aromatic carbocycles. The molecule has 0 aromatic heterocycles. The zero-order chi connectivity index (χ0) is 18.0. The lowest BCUT2D eigenvalue weighted by molar-refractivity contribution is -0.155. The van der Waals surface area contributed by atoms with Gasteiger partial charge in [-0.2, -0.15) is 0 Å². The molecule has 0 heterocycles. The number of aryl methyl sites for hydroxylation is 1. The van der Waals surface area contributed by atoms with Crippen LogP contribution in [-0.4, -0.2) is 29.3 Å². The van der Waals surface area contributed by atoms with Gasteiger partial charge < -0.3 is 14.6 Å². The maximum Gasteiger partial charge on any atom is 0.306 e. The van der Waals surface area contributed by atoms with Crippen molar-refractivity contribution >= 4 is 11.9 Å². The monoisotopic (exact) mass is 336 g/mol. The van der Waals surface area contributed by atoms with Crippen LogP contribution in [0.25, 0.3) is 0 Å². The Morgan fingerprint density at radius 1 is 1.08 bits per heavy atom. The number of carbonyl (C=O) groups is 2. The highest BCUT2D eigenvalue weighted by molar-refractivity contribution is 5.69. The maximum absolute atomic E-state index is 11.6. The molecular formula is C19H28O5. The van der Waals surface area contributed by atoms with Crippen LogP contribution < -0.4 is 4.74 Å². The van der Waals surface area contributed by atoms with Crippen LogP contribution in [0.15, 0.2) is 24.3 Å². The zero-order valence-corrected chi connectivity index (χ0v) is 14.8. The Hall–Kier alpha value is -2.04. The van der Waals surface area contributed by atoms with E-state index in [2.05, 4.69) is 0 Å². The SMILES string of the molecule is CC(C)(C)OC(=O)CCCCc1cccc(OCCCC(=O)O)c1. The van der Waals surface area contributed by atoms with Crippen molar-refractivity contribution in [1.82, 2.24) is 0 Å². The van der Waals surface area contributed by atoms with Crippen LogP contribution in [0.2, 0.25) is 0 Å². The van der Waals surface area contributed by atoms with E-state index >= 15 is 0 Å². The highest BCUT2D eigenvalue weighted by Gasteiger charge is 2.15. The smallest absolute Gasteiger partial charge is 0.306 e. The van der Waals surface area contributed by atoms with Gasteiger partial charge in [0, 0.05) is 12.8 Å². The Kier molecular flexibility index (Phi) is 8.30. The Balaban J connectivity index is 2.27.